The Hall–Kier alpha value is -2.77. The summed E-state index contributed by atoms with van der Waals surface area (Å²) in [5.41, 5.74) is 1.43. The van der Waals surface area contributed by atoms with E-state index in [1.807, 2.05) is 24.1 Å². The van der Waals surface area contributed by atoms with E-state index in [9.17, 15) is 4.79 Å². The number of aryl methyl sites for hydroxylation is 1. The number of rotatable bonds is 3. The fraction of sp³-hybridized carbons (Fsp3) is 0.550. The molecule has 0 radical (unpaired) electrons. The normalized spacial score (nSPS) is 22.4. The van der Waals surface area contributed by atoms with Gasteiger partial charge < -0.3 is 14.5 Å². The summed E-state index contributed by atoms with van der Waals surface area (Å²) < 4.78 is 5.03. The van der Waals surface area contributed by atoms with Gasteiger partial charge in [-0.1, -0.05) is 0 Å². The maximum atomic E-state index is 13.0. The Kier molecular flexibility index (Phi) is 5.11. The molecule has 1 unspecified atom stereocenters. The number of ether oxygens (including phenoxy) is 1. The van der Waals surface area contributed by atoms with E-state index in [4.69, 9.17) is 4.74 Å². The maximum Gasteiger partial charge on any atom is 0.274 e. The molecule has 1 amide bonds. The van der Waals surface area contributed by atoms with Gasteiger partial charge in [0.15, 0.2) is 0 Å². The third-order valence-electron chi connectivity index (χ3n) is 5.73. The highest BCUT2D eigenvalue weighted by molar-refractivity contribution is 5.92. The van der Waals surface area contributed by atoms with Gasteiger partial charge in [-0.3, -0.25) is 4.79 Å². The van der Waals surface area contributed by atoms with Crippen molar-refractivity contribution >= 4 is 11.9 Å². The first-order chi connectivity index (χ1) is 13.6. The SMILES string of the molecule is COc1cnc(C(=O)N2CCCC3(CCCN(c4nccc(C)n4)C3)C2)cn1. The first kappa shape index (κ1) is 18.6. The number of carbonyl (C=O) groups excluding carboxylic acids is 1. The van der Waals surface area contributed by atoms with E-state index in [2.05, 4.69) is 24.8 Å². The summed E-state index contributed by atoms with van der Waals surface area (Å²) in [7, 11) is 1.53. The predicted octanol–water partition coefficient (Wildman–Crippen LogP) is 2.11. The van der Waals surface area contributed by atoms with Crippen LogP contribution in [-0.2, 0) is 0 Å². The van der Waals surface area contributed by atoms with Crippen LogP contribution in [0.1, 0.15) is 41.9 Å². The molecule has 0 aliphatic carbocycles. The van der Waals surface area contributed by atoms with E-state index in [0.717, 1.165) is 63.5 Å². The Morgan fingerprint density at radius 1 is 1.11 bits per heavy atom. The number of likely N-dealkylation sites (tertiary alicyclic amines) is 1. The zero-order valence-electron chi connectivity index (χ0n) is 16.5. The molecule has 2 aliphatic rings. The van der Waals surface area contributed by atoms with E-state index >= 15 is 0 Å². The van der Waals surface area contributed by atoms with E-state index in [1.54, 1.807) is 0 Å². The van der Waals surface area contributed by atoms with Crippen molar-refractivity contribution < 1.29 is 9.53 Å². The molecule has 4 rings (SSSR count). The molecule has 8 heteroatoms. The van der Waals surface area contributed by atoms with Crippen molar-refractivity contribution in [2.45, 2.75) is 32.6 Å². The van der Waals surface area contributed by atoms with Crippen LogP contribution in [0.5, 0.6) is 5.88 Å². The van der Waals surface area contributed by atoms with Gasteiger partial charge in [-0.05, 0) is 38.7 Å². The van der Waals surface area contributed by atoms with Crippen LogP contribution in [0.4, 0.5) is 5.95 Å². The van der Waals surface area contributed by atoms with Crippen LogP contribution in [-0.4, -0.2) is 64.0 Å². The molecule has 4 heterocycles. The molecule has 1 atom stereocenters. The Morgan fingerprint density at radius 3 is 2.64 bits per heavy atom. The number of nitrogens with zero attached hydrogens (tertiary/aromatic N) is 6. The number of hydrogen-bond acceptors (Lipinski definition) is 7. The number of amides is 1. The highest BCUT2D eigenvalue weighted by atomic mass is 16.5. The average Bonchev–Trinajstić information content (AvgIpc) is 2.73. The molecule has 2 aromatic heterocycles. The monoisotopic (exact) mass is 382 g/mol. The zero-order valence-corrected chi connectivity index (χ0v) is 16.5. The standard InChI is InChI=1S/C20H26N6O2/c1-15-5-8-21-19(24-15)26-10-4-7-20(14-26)6-3-9-25(13-20)18(27)16-11-23-17(28-2)12-22-16/h5,8,11-12H,3-4,6-7,9-10,13-14H2,1-2H3. The molecule has 0 bridgehead atoms. The number of carbonyl (C=O) groups is 1. The van der Waals surface area contributed by atoms with Gasteiger partial charge in [0.2, 0.25) is 11.8 Å². The van der Waals surface area contributed by atoms with Gasteiger partial charge in [0.25, 0.3) is 5.91 Å². The molecule has 8 nitrogen and oxygen atoms in total. The lowest BCUT2D eigenvalue weighted by Crippen LogP contribution is -2.54. The quantitative estimate of drug-likeness (QED) is 0.804. The zero-order chi connectivity index (χ0) is 19.6. The van der Waals surface area contributed by atoms with Crippen molar-refractivity contribution in [3.8, 4) is 5.88 Å². The number of piperidine rings is 2. The molecule has 2 fully saturated rings. The maximum absolute atomic E-state index is 13.0. The van der Waals surface area contributed by atoms with Crippen LogP contribution in [0.2, 0.25) is 0 Å². The van der Waals surface area contributed by atoms with Gasteiger partial charge in [0.1, 0.15) is 5.69 Å². The fourth-order valence-corrected chi connectivity index (χ4v) is 4.38. The Labute approximate surface area is 165 Å². The molecule has 2 saturated heterocycles. The Morgan fingerprint density at radius 2 is 1.93 bits per heavy atom. The summed E-state index contributed by atoms with van der Waals surface area (Å²) in [4.78, 5) is 34.6. The molecular weight excluding hydrogens is 356 g/mol. The van der Waals surface area contributed by atoms with E-state index in [1.165, 1.54) is 19.5 Å². The lowest BCUT2D eigenvalue weighted by Gasteiger charge is -2.48. The summed E-state index contributed by atoms with van der Waals surface area (Å²) >= 11 is 0. The number of methoxy groups -OCH3 is 1. The van der Waals surface area contributed by atoms with Gasteiger partial charge in [-0.2, -0.15) is 0 Å². The number of aromatic nitrogens is 4. The molecular formula is C20H26N6O2. The van der Waals surface area contributed by atoms with Crippen molar-refractivity contribution in [1.82, 2.24) is 24.8 Å². The number of anilines is 1. The lowest BCUT2D eigenvalue weighted by atomic mass is 9.73. The fourth-order valence-electron chi connectivity index (χ4n) is 4.38. The highest BCUT2D eigenvalue weighted by Crippen LogP contribution is 2.39. The molecule has 0 saturated carbocycles. The smallest absolute Gasteiger partial charge is 0.274 e. The second-order valence-electron chi connectivity index (χ2n) is 7.80. The van der Waals surface area contributed by atoms with Crippen molar-refractivity contribution in [3.05, 3.63) is 36.0 Å². The molecule has 0 aromatic carbocycles. The first-order valence-electron chi connectivity index (χ1n) is 9.78. The summed E-state index contributed by atoms with van der Waals surface area (Å²) in [6.07, 6.45) is 9.12. The summed E-state index contributed by atoms with van der Waals surface area (Å²) in [5, 5.41) is 0. The largest absolute Gasteiger partial charge is 0.480 e. The lowest BCUT2D eigenvalue weighted by molar-refractivity contribution is 0.0459. The average molecular weight is 382 g/mol. The van der Waals surface area contributed by atoms with Crippen LogP contribution in [0, 0.1) is 12.3 Å². The predicted molar refractivity (Wildman–Crippen MR) is 104 cm³/mol. The Balaban J connectivity index is 1.49. The molecule has 148 valence electrons. The van der Waals surface area contributed by atoms with E-state index in [0.29, 0.717) is 11.6 Å². The van der Waals surface area contributed by atoms with Gasteiger partial charge >= 0.3 is 0 Å². The van der Waals surface area contributed by atoms with Crippen molar-refractivity contribution in [1.29, 1.82) is 0 Å². The minimum Gasteiger partial charge on any atom is -0.480 e. The molecule has 28 heavy (non-hydrogen) atoms. The van der Waals surface area contributed by atoms with Gasteiger partial charge in [0.05, 0.1) is 19.5 Å². The van der Waals surface area contributed by atoms with Crippen molar-refractivity contribution in [2.24, 2.45) is 5.41 Å². The van der Waals surface area contributed by atoms with E-state index in [-0.39, 0.29) is 11.3 Å². The second-order valence-corrected chi connectivity index (χ2v) is 7.80. The van der Waals surface area contributed by atoms with Crippen LogP contribution in [0.3, 0.4) is 0 Å². The number of hydrogen-bond donors (Lipinski definition) is 0. The molecule has 1 spiro atoms. The minimum atomic E-state index is -0.0573. The van der Waals surface area contributed by atoms with Gasteiger partial charge in [0, 0.05) is 43.5 Å². The summed E-state index contributed by atoms with van der Waals surface area (Å²) in [6, 6.07) is 1.92. The Bertz CT molecular complexity index is 839. The van der Waals surface area contributed by atoms with Crippen LogP contribution in [0.15, 0.2) is 24.7 Å². The van der Waals surface area contributed by atoms with Gasteiger partial charge in [-0.15, -0.1) is 0 Å². The molecule has 0 N–H and O–H groups in total. The topological polar surface area (TPSA) is 84.3 Å². The highest BCUT2D eigenvalue weighted by Gasteiger charge is 2.41. The third kappa shape index (κ3) is 3.76. The third-order valence-corrected chi connectivity index (χ3v) is 5.73. The summed E-state index contributed by atoms with van der Waals surface area (Å²) in [6.45, 7) is 5.33. The van der Waals surface area contributed by atoms with Crippen LogP contribution in [0.25, 0.3) is 0 Å². The van der Waals surface area contributed by atoms with Crippen LogP contribution >= 0.6 is 0 Å². The van der Waals surface area contributed by atoms with Crippen molar-refractivity contribution in [3.63, 3.8) is 0 Å². The first-order valence-corrected chi connectivity index (χ1v) is 9.78. The van der Waals surface area contributed by atoms with Crippen molar-refractivity contribution in [2.75, 3.05) is 38.2 Å². The molecule has 2 aromatic rings. The second kappa shape index (κ2) is 7.69. The minimum absolute atomic E-state index is 0.0573. The molecule has 2 aliphatic heterocycles. The summed E-state index contributed by atoms with van der Waals surface area (Å²) in [5.74, 6) is 1.15. The van der Waals surface area contributed by atoms with Gasteiger partial charge in [-0.25, -0.2) is 19.9 Å². The van der Waals surface area contributed by atoms with E-state index < -0.39 is 0 Å². The van der Waals surface area contributed by atoms with Crippen LogP contribution < -0.4 is 9.64 Å².